The van der Waals surface area contributed by atoms with Crippen molar-refractivity contribution in [3.8, 4) is 5.75 Å². The number of carbonyl (C=O) groups is 1. The quantitative estimate of drug-likeness (QED) is 0.732. The van der Waals surface area contributed by atoms with Crippen LogP contribution in [0.25, 0.3) is 0 Å². The Morgan fingerprint density at radius 2 is 2.14 bits per heavy atom. The minimum atomic E-state index is 0.0606. The first-order chi connectivity index (χ1) is 10.1. The van der Waals surface area contributed by atoms with Crippen LogP contribution in [0.15, 0.2) is 36.7 Å². The van der Waals surface area contributed by atoms with Gasteiger partial charge in [0.2, 0.25) is 0 Å². The number of aryl methyl sites for hydroxylation is 1. The smallest absolute Gasteiger partial charge is 0.180 e. The van der Waals surface area contributed by atoms with Crippen molar-refractivity contribution in [2.45, 2.75) is 13.5 Å². The highest BCUT2D eigenvalue weighted by Crippen LogP contribution is 2.19. The predicted octanol–water partition coefficient (Wildman–Crippen LogP) is 2.13. The zero-order valence-corrected chi connectivity index (χ0v) is 12.7. The van der Waals surface area contributed by atoms with Crippen LogP contribution in [-0.2, 0) is 13.6 Å². The summed E-state index contributed by atoms with van der Waals surface area (Å²) < 4.78 is 7.27. The molecule has 21 heavy (non-hydrogen) atoms. The van der Waals surface area contributed by atoms with Crippen LogP contribution < -0.4 is 4.74 Å². The van der Waals surface area contributed by atoms with Gasteiger partial charge in [-0.25, -0.2) is 0 Å². The molecule has 112 valence electrons. The van der Waals surface area contributed by atoms with Gasteiger partial charge in [-0.05, 0) is 26.1 Å². The van der Waals surface area contributed by atoms with Crippen molar-refractivity contribution in [3.63, 3.8) is 0 Å². The van der Waals surface area contributed by atoms with Crippen LogP contribution >= 0.6 is 0 Å². The van der Waals surface area contributed by atoms with Crippen LogP contribution in [0.2, 0.25) is 0 Å². The number of rotatable bonds is 7. The third kappa shape index (κ3) is 4.16. The maximum atomic E-state index is 12.4. The molecule has 0 spiro atoms. The van der Waals surface area contributed by atoms with Crippen LogP contribution in [0.3, 0.4) is 0 Å². The van der Waals surface area contributed by atoms with Crippen LogP contribution in [0.5, 0.6) is 5.75 Å². The first-order valence-electron chi connectivity index (χ1n) is 7.01. The molecule has 0 fully saturated rings. The Labute approximate surface area is 125 Å². The average Bonchev–Trinajstić information content (AvgIpc) is 2.84. The van der Waals surface area contributed by atoms with Gasteiger partial charge in [-0.3, -0.25) is 14.4 Å². The molecule has 0 amide bonds. The Morgan fingerprint density at radius 3 is 2.81 bits per heavy atom. The average molecular weight is 287 g/mol. The molecule has 0 aliphatic rings. The number of Topliss-reactive ketones (excluding diaryl/α,β-unsaturated/α-hetero) is 1. The number of nitrogens with zero attached hydrogens (tertiary/aromatic N) is 3. The van der Waals surface area contributed by atoms with Gasteiger partial charge in [-0.15, -0.1) is 0 Å². The summed E-state index contributed by atoms with van der Waals surface area (Å²) in [5.41, 5.74) is 1.73. The second-order valence-electron chi connectivity index (χ2n) is 5.05. The Morgan fingerprint density at radius 1 is 1.38 bits per heavy atom. The molecule has 0 atom stereocenters. The second-order valence-corrected chi connectivity index (χ2v) is 5.05. The van der Waals surface area contributed by atoms with E-state index in [-0.39, 0.29) is 5.78 Å². The van der Waals surface area contributed by atoms with E-state index in [1.807, 2.05) is 62.6 Å². The third-order valence-electron chi connectivity index (χ3n) is 3.11. The van der Waals surface area contributed by atoms with E-state index in [4.69, 9.17) is 4.74 Å². The Hall–Kier alpha value is -2.14. The Bertz CT molecular complexity index is 607. The molecule has 0 aliphatic heterocycles. The molecule has 2 aromatic rings. The zero-order valence-electron chi connectivity index (χ0n) is 12.7. The van der Waals surface area contributed by atoms with E-state index in [1.54, 1.807) is 4.68 Å². The van der Waals surface area contributed by atoms with Crippen molar-refractivity contribution in [2.75, 3.05) is 20.2 Å². The molecule has 1 aromatic carbocycles. The SMILES string of the molecule is CCOc1ccccc1C(=O)CN(C)Cc1cnn(C)c1. The summed E-state index contributed by atoms with van der Waals surface area (Å²) in [6, 6.07) is 7.38. The van der Waals surface area contributed by atoms with E-state index in [2.05, 4.69) is 5.10 Å². The fourth-order valence-electron chi connectivity index (χ4n) is 2.23. The Balaban J connectivity index is 2.00. The van der Waals surface area contributed by atoms with Gasteiger partial charge in [-0.1, -0.05) is 12.1 Å². The number of hydrogen-bond acceptors (Lipinski definition) is 4. The van der Waals surface area contributed by atoms with Gasteiger partial charge in [0, 0.05) is 25.4 Å². The molecule has 0 N–H and O–H groups in total. The highest BCUT2D eigenvalue weighted by molar-refractivity contribution is 6.00. The lowest BCUT2D eigenvalue weighted by molar-refractivity contribution is 0.0939. The third-order valence-corrected chi connectivity index (χ3v) is 3.11. The number of aromatic nitrogens is 2. The summed E-state index contributed by atoms with van der Waals surface area (Å²) in [6.07, 6.45) is 3.77. The number of likely N-dealkylation sites (N-methyl/N-ethyl adjacent to an activating group) is 1. The lowest BCUT2D eigenvalue weighted by Gasteiger charge is -2.16. The molecule has 1 heterocycles. The summed E-state index contributed by atoms with van der Waals surface area (Å²) in [6.45, 7) is 3.50. The zero-order chi connectivity index (χ0) is 15.2. The topological polar surface area (TPSA) is 47.4 Å². The van der Waals surface area contributed by atoms with Gasteiger partial charge in [0.05, 0.1) is 24.9 Å². The molecule has 0 unspecified atom stereocenters. The highest BCUT2D eigenvalue weighted by atomic mass is 16.5. The number of para-hydroxylation sites is 1. The summed E-state index contributed by atoms with van der Waals surface area (Å²) in [7, 11) is 3.81. The van der Waals surface area contributed by atoms with Crippen LogP contribution in [0.4, 0.5) is 0 Å². The maximum Gasteiger partial charge on any atom is 0.180 e. The van der Waals surface area contributed by atoms with E-state index >= 15 is 0 Å². The van der Waals surface area contributed by atoms with Crippen molar-refractivity contribution in [3.05, 3.63) is 47.8 Å². The molecule has 0 bridgehead atoms. The van der Waals surface area contributed by atoms with E-state index in [0.717, 1.165) is 5.56 Å². The molecular weight excluding hydrogens is 266 g/mol. The summed E-state index contributed by atoms with van der Waals surface area (Å²) in [5, 5.41) is 4.13. The fourth-order valence-corrected chi connectivity index (χ4v) is 2.23. The van der Waals surface area contributed by atoms with Gasteiger partial charge in [0.1, 0.15) is 5.75 Å². The summed E-state index contributed by atoms with van der Waals surface area (Å²) in [5.74, 6) is 0.713. The molecule has 5 heteroatoms. The van der Waals surface area contributed by atoms with Gasteiger partial charge >= 0.3 is 0 Å². The molecular formula is C16H21N3O2. The van der Waals surface area contributed by atoms with E-state index < -0.39 is 0 Å². The molecule has 0 saturated carbocycles. The first kappa shape index (κ1) is 15.3. The minimum absolute atomic E-state index is 0.0606. The monoisotopic (exact) mass is 287 g/mol. The number of ether oxygens (including phenoxy) is 1. The standard InChI is InChI=1S/C16H21N3O2/c1-4-21-16-8-6-5-7-14(16)15(20)12-18(2)10-13-9-17-19(3)11-13/h5-9,11H,4,10,12H2,1-3H3. The number of hydrogen-bond donors (Lipinski definition) is 0. The van der Waals surface area contributed by atoms with Crippen LogP contribution in [-0.4, -0.2) is 40.7 Å². The molecule has 0 radical (unpaired) electrons. The van der Waals surface area contributed by atoms with Crippen LogP contribution in [0.1, 0.15) is 22.8 Å². The molecule has 1 aromatic heterocycles. The van der Waals surface area contributed by atoms with E-state index in [1.165, 1.54) is 0 Å². The lowest BCUT2D eigenvalue weighted by Crippen LogP contribution is -2.25. The molecule has 0 aliphatic carbocycles. The van der Waals surface area contributed by atoms with Crippen molar-refractivity contribution in [1.82, 2.24) is 14.7 Å². The second kappa shape index (κ2) is 7.04. The minimum Gasteiger partial charge on any atom is -0.493 e. The lowest BCUT2D eigenvalue weighted by atomic mass is 10.1. The number of benzene rings is 1. The van der Waals surface area contributed by atoms with Gasteiger partial charge < -0.3 is 4.74 Å². The Kier molecular flexibility index (Phi) is 5.11. The largest absolute Gasteiger partial charge is 0.493 e. The number of ketones is 1. The summed E-state index contributed by atoms with van der Waals surface area (Å²) in [4.78, 5) is 14.4. The first-order valence-corrected chi connectivity index (χ1v) is 7.01. The predicted molar refractivity (Wildman–Crippen MR) is 81.5 cm³/mol. The highest BCUT2D eigenvalue weighted by Gasteiger charge is 2.14. The van der Waals surface area contributed by atoms with Crippen molar-refractivity contribution in [2.24, 2.45) is 7.05 Å². The van der Waals surface area contributed by atoms with Gasteiger partial charge in [-0.2, -0.15) is 5.10 Å². The van der Waals surface area contributed by atoms with Crippen molar-refractivity contribution >= 4 is 5.78 Å². The maximum absolute atomic E-state index is 12.4. The summed E-state index contributed by atoms with van der Waals surface area (Å²) >= 11 is 0. The van der Waals surface area contributed by atoms with Crippen LogP contribution in [0, 0.1) is 0 Å². The number of carbonyl (C=O) groups excluding carboxylic acids is 1. The molecule has 2 rings (SSSR count). The van der Waals surface area contributed by atoms with Crippen molar-refractivity contribution < 1.29 is 9.53 Å². The molecule has 5 nitrogen and oxygen atoms in total. The fraction of sp³-hybridized carbons (Fsp3) is 0.375. The normalized spacial score (nSPS) is 10.9. The molecule has 0 saturated heterocycles. The van der Waals surface area contributed by atoms with E-state index in [9.17, 15) is 4.79 Å². The van der Waals surface area contributed by atoms with Crippen molar-refractivity contribution in [1.29, 1.82) is 0 Å². The van der Waals surface area contributed by atoms with Gasteiger partial charge in [0.15, 0.2) is 5.78 Å². The van der Waals surface area contributed by atoms with Gasteiger partial charge in [0.25, 0.3) is 0 Å². The van der Waals surface area contributed by atoms with E-state index in [0.29, 0.717) is 31.0 Å².